The van der Waals surface area contributed by atoms with E-state index in [1.807, 2.05) is 27.7 Å². The van der Waals surface area contributed by atoms with Crippen LogP contribution in [0, 0.1) is 5.41 Å². The average Bonchev–Trinajstić information content (AvgIpc) is 2.44. The van der Waals surface area contributed by atoms with E-state index in [1.54, 1.807) is 0 Å². The van der Waals surface area contributed by atoms with Crippen molar-refractivity contribution >= 4 is 35.8 Å². The van der Waals surface area contributed by atoms with Crippen LogP contribution in [0.5, 0.6) is 0 Å². The first-order valence-corrected chi connectivity index (χ1v) is 7.85. The topological polar surface area (TPSA) is 79.9 Å². The number of aliphatic imine (C=N–C) groups is 1. The lowest BCUT2D eigenvalue weighted by Gasteiger charge is -2.34. The summed E-state index contributed by atoms with van der Waals surface area (Å²) in [6, 6.07) is 0. The van der Waals surface area contributed by atoms with Crippen molar-refractivity contribution in [1.29, 1.82) is 0 Å². The number of nitrogens with two attached hydrogens (primary N) is 1. The van der Waals surface area contributed by atoms with Gasteiger partial charge in [0.1, 0.15) is 0 Å². The van der Waals surface area contributed by atoms with E-state index in [2.05, 4.69) is 15.2 Å². The quantitative estimate of drug-likeness (QED) is 0.384. The zero-order valence-corrected chi connectivity index (χ0v) is 16.6. The van der Waals surface area contributed by atoms with Crippen molar-refractivity contribution in [3.8, 4) is 0 Å². The number of nitrogens with one attached hydrogen (secondary N) is 1. The number of likely N-dealkylation sites (tertiary alicyclic amines) is 1. The molecule has 0 spiro atoms. The van der Waals surface area contributed by atoms with Gasteiger partial charge in [-0.25, -0.2) is 0 Å². The summed E-state index contributed by atoms with van der Waals surface area (Å²) in [6.45, 7) is 11.5. The number of halogens is 1. The molecule has 1 heterocycles. The minimum Gasteiger partial charge on any atom is -0.378 e. The number of hydrogen-bond donors (Lipinski definition) is 2. The van der Waals surface area contributed by atoms with Gasteiger partial charge in [0.05, 0.1) is 18.1 Å². The van der Waals surface area contributed by atoms with E-state index in [0.717, 1.165) is 45.0 Å². The molecule has 1 fully saturated rings. The van der Waals surface area contributed by atoms with Crippen molar-refractivity contribution in [3.05, 3.63) is 0 Å². The van der Waals surface area contributed by atoms with Crippen LogP contribution in [-0.2, 0) is 9.53 Å². The molecule has 0 unspecified atom stereocenters. The Morgan fingerprint density at radius 3 is 2.41 bits per heavy atom. The van der Waals surface area contributed by atoms with Crippen LogP contribution in [0.1, 0.15) is 40.5 Å². The molecule has 0 saturated carbocycles. The first kappa shape index (κ1) is 21.4. The summed E-state index contributed by atoms with van der Waals surface area (Å²) in [5.74, 6) is 0.541. The lowest BCUT2D eigenvalue weighted by molar-refractivity contribution is -0.125. The Hall–Kier alpha value is -0.570. The van der Waals surface area contributed by atoms with Crippen molar-refractivity contribution < 1.29 is 9.53 Å². The molecule has 0 atom stereocenters. The third-order valence-electron chi connectivity index (χ3n) is 3.77. The van der Waals surface area contributed by atoms with E-state index in [1.165, 1.54) is 0 Å². The molecule has 0 aromatic carbocycles. The van der Waals surface area contributed by atoms with Crippen LogP contribution in [0.25, 0.3) is 0 Å². The predicted octanol–water partition coefficient (Wildman–Crippen LogP) is 1.58. The normalized spacial score (nSPS) is 17.1. The van der Waals surface area contributed by atoms with Gasteiger partial charge in [-0.15, -0.1) is 24.0 Å². The number of primary amides is 1. The highest BCUT2D eigenvalue weighted by molar-refractivity contribution is 14.0. The second-order valence-corrected chi connectivity index (χ2v) is 6.06. The maximum absolute atomic E-state index is 11.4. The molecule has 1 aliphatic rings. The number of amides is 1. The molecule has 6 nitrogen and oxygen atoms in total. The van der Waals surface area contributed by atoms with Gasteiger partial charge in [-0.3, -0.25) is 9.79 Å². The van der Waals surface area contributed by atoms with Crippen LogP contribution >= 0.6 is 24.0 Å². The smallest absolute Gasteiger partial charge is 0.224 e. The molecule has 3 N–H and O–H groups in total. The van der Waals surface area contributed by atoms with E-state index in [0.29, 0.717) is 12.6 Å². The molecule has 0 aliphatic carbocycles. The number of nitrogens with zero attached hydrogens (tertiary/aromatic N) is 2. The molecule has 0 bridgehead atoms. The maximum Gasteiger partial charge on any atom is 0.224 e. The van der Waals surface area contributed by atoms with E-state index in [4.69, 9.17) is 10.5 Å². The molecule has 0 aromatic heterocycles. The molecule has 1 saturated heterocycles. The van der Waals surface area contributed by atoms with Crippen molar-refractivity contribution in [2.45, 2.75) is 46.6 Å². The number of rotatable bonds is 6. The van der Waals surface area contributed by atoms with Gasteiger partial charge in [-0.1, -0.05) is 0 Å². The van der Waals surface area contributed by atoms with Gasteiger partial charge in [0.15, 0.2) is 5.96 Å². The fraction of sp³-hybridized carbons (Fsp3) is 0.867. The SMILES string of the molecule is CCNC(=NCC(C)(C)C(N)=O)N1CCC(OCC)CC1.I. The van der Waals surface area contributed by atoms with Gasteiger partial charge < -0.3 is 20.7 Å². The van der Waals surface area contributed by atoms with Gasteiger partial charge in [0, 0.05) is 26.2 Å². The number of piperidine rings is 1. The minimum atomic E-state index is -0.621. The molecular formula is C15H31IN4O2. The van der Waals surface area contributed by atoms with Crippen LogP contribution in [0.4, 0.5) is 0 Å². The zero-order chi connectivity index (χ0) is 15.9. The molecule has 7 heteroatoms. The average molecular weight is 426 g/mol. The number of guanidine groups is 1. The maximum atomic E-state index is 11.4. The summed E-state index contributed by atoms with van der Waals surface area (Å²) in [5.41, 5.74) is 4.78. The first-order chi connectivity index (χ1) is 9.90. The third kappa shape index (κ3) is 6.68. The fourth-order valence-corrected chi connectivity index (χ4v) is 2.25. The van der Waals surface area contributed by atoms with Crippen LogP contribution in [0.15, 0.2) is 4.99 Å². The fourth-order valence-electron chi connectivity index (χ4n) is 2.25. The Kier molecular flexibility index (Phi) is 9.99. The van der Waals surface area contributed by atoms with Crippen LogP contribution in [0.3, 0.4) is 0 Å². The van der Waals surface area contributed by atoms with Crippen LogP contribution in [-0.4, -0.2) is 55.7 Å². The molecule has 0 aromatic rings. The summed E-state index contributed by atoms with van der Waals surface area (Å²) in [6.07, 6.45) is 2.38. The monoisotopic (exact) mass is 426 g/mol. The predicted molar refractivity (Wildman–Crippen MR) is 101 cm³/mol. The van der Waals surface area contributed by atoms with Crippen molar-refractivity contribution in [1.82, 2.24) is 10.2 Å². The van der Waals surface area contributed by atoms with Crippen LogP contribution < -0.4 is 11.1 Å². The first-order valence-electron chi connectivity index (χ1n) is 7.85. The lowest BCUT2D eigenvalue weighted by atomic mass is 9.93. The largest absolute Gasteiger partial charge is 0.378 e. The second-order valence-electron chi connectivity index (χ2n) is 6.06. The van der Waals surface area contributed by atoms with Gasteiger partial charge in [0.25, 0.3) is 0 Å². The summed E-state index contributed by atoms with van der Waals surface area (Å²) < 4.78 is 5.67. The Balaban J connectivity index is 0.00000441. The number of carbonyl (C=O) groups excluding carboxylic acids is 1. The third-order valence-corrected chi connectivity index (χ3v) is 3.77. The standard InChI is InChI=1S/C15H30N4O2.HI/c1-5-17-14(18-11-15(3,4)13(16)20)19-9-7-12(8-10-19)21-6-2;/h12H,5-11H2,1-4H3,(H2,16,20)(H,17,18);1H. The van der Waals surface area contributed by atoms with E-state index in [-0.39, 0.29) is 29.9 Å². The van der Waals surface area contributed by atoms with Gasteiger partial charge in [-0.05, 0) is 40.5 Å². The molecule has 1 rings (SSSR count). The molecule has 1 aliphatic heterocycles. The Morgan fingerprint density at radius 1 is 1.36 bits per heavy atom. The Bertz CT molecular complexity index is 367. The second kappa shape index (κ2) is 10.3. The van der Waals surface area contributed by atoms with Crippen LogP contribution in [0.2, 0.25) is 0 Å². The zero-order valence-electron chi connectivity index (χ0n) is 14.2. The van der Waals surface area contributed by atoms with Crippen molar-refractivity contribution in [2.75, 3.05) is 32.8 Å². The highest BCUT2D eigenvalue weighted by Gasteiger charge is 2.26. The summed E-state index contributed by atoms with van der Waals surface area (Å²) >= 11 is 0. The molecule has 1 amide bonds. The number of hydrogen-bond acceptors (Lipinski definition) is 3. The summed E-state index contributed by atoms with van der Waals surface area (Å²) in [4.78, 5) is 18.2. The van der Waals surface area contributed by atoms with Crippen molar-refractivity contribution in [2.24, 2.45) is 16.1 Å². The molecule has 22 heavy (non-hydrogen) atoms. The summed E-state index contributed by atoms with van der Waals surface area (Å²) in [5, 5.41) is 3.29. The van der Waals surface area contributed by atoms with Gasteiger partial charge in [-0.2, -0.15) is 0 Å². The molecule has 0 radical (unpaired) electrons. The van der Waals surface area contributed by atoms with E-state index < -0.39 is 5.41 Å². The van der Waals surface area contributed by atoms with E-state index in [9.17, 15) is 4.79 Å². The van der Waals surface area contributed by atoms with Gasteiger partial charge in [0.2, 0.25) is 5.91 Å². The lowest BCUT2D eigenvalue weighted by Crippen LogP contribution is -2.47. The highest BCUT2D eigenvalue weighted by atomic mass is 127. The van der Waals surface area contributed by atoms with Crippen molar-refractivity contribution in [3.63, 3.8) is 0 Å². The van der Waals surface area contributed by atoms with Gasteiger partial charge >= 0.3 is 0 Å². The molecular weight excluding hydrogens is 395 g/mol. The minimum absolute atomic E-state index is 0. The number of ether oxygens (including phenoxy) is 1. The van der Waals surface area contributed by atoms with E-state index >= 15 is 0 Å². The molecule has 130 valence electrons. The number of carbonyl (C=O) groups is 1. The Morgan fingerprint density at radius 2 is 1.95 bits per heavy atom. The highest BCUT2D eigenvalue weighted by Crippen LogP contribution is 2.16. The summed E-state index contributed by atoms with van der Waals surface area (Å²) in [7, 11) is 0. The Labute approximate surface area is 151 Å².